The highest BCUT2D eigenvalue weighted by Gasteiger charge is 2.46. The zero-order valence-electron chi connectivity index (χ0n) is 16.0. The quantitative estimate of drug-likeness (QED) is 0.806. The molecule has 0 bridgehead atoms. The van der Waals surface area contributed by atoms with Crippen LogP contribution in [0.1, 0.15) is 18.4 Å². The predicted molar refractivity (Wildman–Crippen MR) is 109 cm³/mol. The van der Waals surface area contributed by atoms with Gasteiger partial charge < -0.3 is 10.2 Å². The highest BCUT2D eigenvalue weighted by atomic mass is 32.2. The fourth-order valence-electron chi connectivity index (χ4n) is 3.95. The van der Waals surface area contributed by atoms with Gasteiger partial charge in [0.05, 0.1) is 5.69 Å². The van der Waals surface area contributed by atoms with Gasteiger partial charge in [0, 0.05) is 13.1 Å². The minimum atomic E-state index is -3.77. The zero-order chi connectivity index (χ0) is 20.4. The van der Waals surface area contributed by atoms with Crippen molar-refractivity contribution in [2.75, 3.05) is 24.5 Å². The molecule has 0 radical (unpaired) electrons. The number of rotatable bonds is 5. The molecule has 2 aromatic rings. The van der Waals surface area contributed by atoms with E-state index in [4.69, 9.17) is 0 Å². The first-order chi connectivity index (χ1) is 14.0. The molecule has 0 saturated carbocycles. The Labute approximate surface area is 170 Å². The van der Waals surface area contributed by atoms with Crippen LogP contribution in [0, 0.1) is 0 Å². The van der Waals surface area contributed by atoms with Crippen LogP contribution in [0.3, 0.4) is 0 Å². The summed E-state index contributed by atoms with van der Waals surface area (Å²) >= 11 is 0. The largest absolute Gasteiger partial charge is 0.354 e. The molecule has 1 atom stereocenters. The molecule has 0 aliphatic carbocycles. The Kier molecular flexibility index (Phi) is 5.38. The van der Waals surface area contributed by atoms with E-state index < -0.39 is 16.1 Å². The maximum absolute atomic E-state index is 13.1. The van der Waals surface area contributed by atoms with Crippen LogP contribution in [0.5, 0.6) is 0 Å². The second-order valence-corrected chi connectivity index (χ2v) is 9.11. The van der Waals surface area contributed by atoms with Crippen molar-refractivity contribution < 1.29 is 18.0 Å². The van der Waals surface area contributed by atoms with E-state index in [0.29, 0.717) is 32.4 Å². The summed E-state index contributed by atoms with van der Waals surface area (Å²) in [5, 5.41) is 2.83. The summed E-state index contributed by atoms with van der Waals surface area (Å²) in [5.74, 6) is -0.651. The summed E-state index contributed by atoms with van der Waals surface area (Å²) in [7, 11) is -3.77. The molecule has 4 rings (SSSR count). The molecule has 1 fully saturated rings. The molecule has 8 heteroatoms. The van der Waals surface area contributed by atoms with Crippen molar-refractivity contribution in [2.45, 2.75) is 30.2 Å². The maximum atomic E-state index is 13.1. The van der Waals surface area contributed by atoms with Crippen LogP contribution in [-0.2, 0) is 26.0 Å². The highest BCUT2D eigenvalue weighted by molar-refractivity contribution is 7.89. The number of hydrogen-bond donors (Lipinski definition) is 1. The van der Waals surface area contributed by atoms with Gasteiger partial charge in [0.25, 0.3) is 0 Å². The first-order valence-corrected chi connectivity index (χ1v) is 11.2. The summed E-state index contributed by atoms with van der Waals surface area (Å²) in [6, 6.07) is 15.4. The Bertz CT molecular complexity index is 1020. The van der Waals surface area contributed by atoms with Gasteiger partial charge in [0.15, 0.2) is 0 Å². The van der Waals surface area contributed by atoms with Gasteiger partial charge in [-0.3, -0.25) is 9.59 Å². The second-order valence-electron chi connectivity index (χ2n) is 7.25. The molecule has 2 amide bonds. The fraction of sp³-hybridized carbons (Fsp3) is 0.333. The van der Waals surface area contributed by atoms with Gasteiger partial charge in [-0.05, 0) is 37.0 Å². The minimum absolute atomic E-state index is 0.0786. The molecule has 29 heavy (non-hydrogen) atoms. The number of carbonyl (C=O) groups is 2. The van der Waals surface area contributed by atoms with Crippen LogP contribution in [-0.4, -0.2) is 50.2 Å². The van der Waals surface area contributed by atoms with Crippen LogP contribution >= 0.6 is 0 Å². The van der Waals surface area contributed by atoms with Crippen molar-refractivity contribution in [3.05, 3.63) is 60.2 Å². The van der Waals surface area contributed by atoms with Crippen molar-refractivity contribution in [2.24, 2.45) is 0 Å². The number of fused-ring (bicyclic) bond motifs is 2. The summed E-state index contributed by atoms with van der Waals surface area (Å²) in [6.45, 7) is 0.565. The topological polar surface area (TPSA) is 86.8 Å². The lowest BCUT2D eigenvalue weighted by atomic mass is 10.1. The van der Waals surface area contributed by atoms with Gasteiger partial charge in [-0.25, -0.2) is 8.42 Å². The van der Waals surface area contributed by atoms with E-state index in [2.05, 4.69) is 5.32 Å². The van der Waals surface area contributed by atoms with E-state index in [1.165, 1.54) is 15.3 Å². The lowest BCUT2D eigenvalue weighted by molar-refractivity contribution is -0.125. The van der Waals surface area contributed by atoms with E-state index >= 15 is 0 Å². The lowest BCUT2D eigenvalue weighted by Gasteiger charge is -2.24. The smallest absolute Gasteiger partial charge is 0.245 e. The number of anilines is 1. The molecule has 7 nitrogen and oxygen atoms in total. The molecule has 2 aliphatic rings. The number of amides is 2. The molecule has 1 saturated heterocycles. The minimum Gasteiger partial charge on any atom is -0.354 e. The van der Waals surface area contributed by atoms with Crippen molar-refractivity contribution in [1.29, 1.82) is 0 Å². The van der Waals surface area contributed by atoms with Crippen LogP contribution in [0.2, 0.25) is 0 Å². The number of nitrogens with one attached hydrogen (secondary N) is 1. The monoisotopic (exact) mass is 413 g/mol. The second kappa shape index (κ2) is 7.96. The Hall–Kier alpha value is -2.71. The van der Waals surface area contributed by atoms with Crippen molar-refractivity contribution in [3.63, 3.8) is 0 Å². The number of sulfonamides is 1. The molecule has 0 unspecified atom stereocenters. The SMILES string of the molecule is O=C(CN1C(=O)[C@@H]2CCCN2S(=O)(=O)c2ccccc21)NCCc1ccccc1. The summed E-state index contributed by atoms with van der Waals surface area (Å²) in [4.78, 5) is 27.1. The van der Waals surface area contributed by atoms with Gasteiger partial charge in [0.2, 0.25) is 21.8 Å². The molecule has 152 valence electrons. The Balaban J connectivity index is 1.54. The normalized spacial score (nSPS) is 20.6. The Morgan fingerprint density at radius 2 is 1.79 bits per heavy atom. The third-order valence-corrected chi connectivity index (χ3v) is 7.33. The maximum Gasteiger partial charge on any atom is 0.245 e. The average Bonchev–Trinajstić information content (AvgIpc) is 3.21. The summed E-state index contributed by atoms with van der Waals surface area (Å²) in [5.41, 5.74) is 1.38. The first kappa shape index (κ1) is 19.6. The van der Waals surface area contributed by atoms with E-state index in [1.807, 2.05) is 30.3 Å². The van der Waals surface area contributed by atoms with Crippen LogP contribution in [0.25, 0.3) is 0 Å². The van der Waals surface area contributed by atoms with Crippen LogP contribution in [0.15, 0.2) is 59.5 Å². The first-order valence-electron chi connectivity index (χ1n) is 9.71. The Morgan fingerprint density at radius 3 is 2.59 bits per heavy atom. The molecule has 2 aliphatic heterocycles. The van der Waals surface area contributed by atoms with E-state index in [0.717, 1.165) is 5.56 Å². The zero-order valence-corrected chi connectivity index (χ0v) is 16.8. The van der Waals surface area contributed by atoms with Crippen molar-refractivity contribution in [1.82, 2.24) is 9.62 Å². The predicted octanol–water partition coefficient (Wildman–Crippen LogP) is 1.55. The molecular weight excluding hydrogens is 390 g/mol. The van der Waals surface area contributed by atoms with Gasteiger partial charge in [-0.2, -0.15) is 4.31 Å². The van der Waals surface area contributed by atoms with E-state index in [1.54, 1.807) is 18.2 Å². The third-order valence-electron chi connectivity index (χ3n) is 5.38. The number of carbonyl (C=O) groups excluding carboxylic acids is 2. The number of nitrogens with zero attached hydrogens (tertiary/aromatic N) is 2. The van der Waals surface area contributed by atoms with Crippen LogP contribution in [0.4, 0.5) is 5.69 Å². The van der Waals surface area contributed by atoms with E-state index in [9.17, 15) is 18.0 Å². The van der Waals surface area contributed by atoms with Gasteiger partial charge in [-0.1, -0.05) is 42.5 Å². The molecule has 2 heterocycles. The van der Waals surface area contributed by atoms with E-state index in [-0.39, 0.29) is 28.9 Å². The molecule has 0 spiro atoms. The van der Waals surface area contributed by atoms with Gasteiger partial charge >= 0.3 is 0 Å². The molecule has 1 N–H and O–H groups in total. The highest BCUT2D eigenvalue weighted by Crippen LogP contribution is 2.36. The number of para-hydroxylation sites is 1. The van der Waals surface area contributed by atoms with Crippen molar-refractivity contribution in [3.8, 4) is 0 Å². The number of benzene rings is 2. The summed E-state index contributed by atoms with van der Waals surface area (Å²) in [6.07, 6.45) is 1.79. The van der Waals surface area contributed by atoms with Gasteiger partial charge in [-0.15, -0.1) is 0 Å². The summed E-state index contributed by atoms with van der Waals surface area (Å²) < 4.78 is 27.4. The standard InChI is InChI=1S/C21H23N3O4S/c25-20(22-13-12-16-7-2-1-3-8-16)15-23-17-9-4-5-11-19(17)29(27,28)24-14-6-10-18(24)21(23)26/h1-5,7-9,11,18H,6,10,12-15H2,(H,22,25)/t18-/m0/s1. The van der Waals surface area contributed by atoms with Crippen molar-refractivity contribution >= 4 is 27.5 Å². The molecular formula is C21H23N3O4S. The van der Waals surface area contributed by atoms with Gasteiger partial charge in [0.1, 0.15) is 17.5 Å². The third kappa shape index (κ3) is 3.77. The fourth-order valence-corrected chi connectivity index (χ4v) is 5.80. The number of hydrogen-bond acceptors (Lipinski definition) is 4. The molecule has 0 aromatic heterocycles. The Morgan fingerprint density at radius 1 is 1.07 bits per heavy atom. The average molecular weight is 413 g/mol. The molecule has 2 aromatic carbocycles. The van der Waals surface area contributed by atoms with Crippen LogP contribution < -0.4 is 10.2 Å². The lowest BCUT2D eigenvalue weighted by Crippen LogP contribution is -2.48.